The van der Waals surface area contributed by atoms with Crippen molar-refractivity contribution in [2.75, 3.05) is 18.4 Å². The molecule has 0 aliphatic heterocycles. The first-order valence-corrected chi connectivity index (χ1v) is 22.0. The number of amides is 6. The van der Waals surface area contributed by atoms with Crippen LogP contribution in [-0.2, 0) is 33.6 Å². The summed E-state index contributed by atoms with van der Waals surface area (Å²) in [5.74, 6) is -5.38. The van der Waals surface area contributed by atoms with Crippen LogP contribution >= 0.6 is 0 Å². The maximum Gasteiger partial charge on any atom is 0.336 e. The zero-order valence-corrected chi connectivity index (χ0v) is 37.4. The summed E-state index contributed by atoms with van der Waals surface area (Å²) in [6, 6.07) is 1.08. The summed E-state index contributed by atoms with van der Waals surface area (Å²) >= 11 is 0. The number of nitrogens with zero attached hydrogens (tertiary/aromatic N) is 1. The lowest BCUT2D eigenvalue weighted by atomic mass is 10.0. The number of nitrogens with two attached hydrogens (primary N) is 2. The predicted molar refractivity (Wildman–Crippen MR) is 240 cm³/mol. The van der Waals surface area contributed by atoms with Gasteiger partial charge in [0.2, 0.25) is 35.4 Å². The van der Waals surface area contributed by atoms with E-state index in [0.29, 0.717) is 42.4 Å². The highest BCUT2D eigenvalue weighted by atomic mass is 16.4. The van der Waals surface area contributed by atoms with Crippen LogP contribution in [0.4, 0.5) is 5.69 Å². The van der Waals surface area contributed by atoms with Crippen molar-refractivity contribution in [2.24, 2.45) is 22.4 Å². The third kappa shape index (κ3) is 21.6. The number of aryl methyl sites for hydroxylation is 1. The number of anilines is 1. The molecule has 63 heavy (non-hydrogen) atoms. The fourth-order valence-corrected chi connectivity index (χ4v) is 6.85. The second-order valence-electron chi connectivity index (χ2n) is 16.3. The monoisotopic (exact) mass is 884 g/mol. The lowest BCUT2D eigenvalue weighted by molar-refractivity contribution is -0.141. The number of benzene rings is 1. The van der Waals surface area contributed by atoms with Crippen LogP contribution in [0.25, 0.3) is 11.0 Å². The summed E-state index contributed by atoms with van der Waals surface area (Å²) in [7, 11) is 0. The van der Waals surface area contributed by atoms with E-state index in [0.717, 1.165) is 32.6 Å². The fraction of sp³-hybridized carbons (Fsp3) is 0.614. The van der Waals surface area contributed by atoms with Crippen molar-refractivity contribution in [1.29, 1.82) is 0 Å². The first-order chi connectivity index (χ1) is 29.9. The standard InChI is InChI=1S/C44H69N9O10/c1-6-7-8-9-10-11-12-18-37(55)47-21-14-13-16-32(40(59)50-30-19-20-31-28(4)24-39(58)63-36(31)25-30)51-41(60)33(17-15-22-48-44(45)46)52-42(61)34(23-27(2)3)53-43(62)35(26-38(56)57)49-29(5)54/h19-20,24-25,27,32-35H,6-18,21-23,26H2,1-5H3,(H,47,55)(H,49,54)(H,50,59)(H,51,60)(H,52,61)(H,53,62)(H,56,57)(H4,45,46,48)/t32-,33-,34-,35-/m0/s1. The predicted octanol–water partition coefficient (Wildman–Crippen LogP) is 3.00. The SMILES string of the molecule is CCCCCCCCCC(=O)NCCCC[C@H](NC(=O)[C@H](CCCN=C(N)N)NC(=O)[C@H](CC(C)C)NC(=O)[C@H](CC(=O)O)NC(C)=O)C(=O)Nc1ccc2c(C)cc(=O)oc2c1. The number of guanidine groups is 1. The molecular formula is C44H69N9O10. The average Bonchev–Trinajstić information content (AvgIpc) is 3.19. The molecule has 2 rings (SSSR count). The number of carboxylic acids is 1. The minimum Gasteiger partial charge on any atom is -0.481 e. The normalized spacial score (nSPS) is 12.9. The van der Waals surface area contributed by atoms with E-state index in [2.05, 4.69) is 43.8 Å². The Balaban J connectivity index is 2.30. The zero-order chi connectivity index (χ0) is 46.9. The van der Waals surface area contributed by atoms with Gasteiger partial charge in [-0.25, -0.2) is 4.79 Å². The quantitative estimate of drug-likeness (QED) is 0.0237. The van der Waals surface area contributed by atoms with Gasteiger partial charge in [-0.05, 0) is 75.5 Å². The molecule has 0 fully saturated rings. The minimum absolute atomic E-state index is 0.00635. The Labute approximate surface area is 369 Å². The summed E-state index contributed by atoms with van der Waals surface area (Å²) in [5, 5.41) is 26.0. The van der Waals surface area contributed by atoms with E-state index in [1.807, 2.05) is 0 Å². The number of carbonyl (C=O) groups is 7. The van der Waals surface area contributed by atoms with Crippen molar-refractivity contribution in [2.45, 2.75) is 155 Å². The summed E-state index contributed by atoms with van der Waals surface area (Å²) in [6.07, 6.45) is 8.72. The molecular weight excluding hydrogens is 815 g/mol. The maximum atomic E-state index is 14.1. The number of aliphatic carboxylic acids is 1. The van der Waals surface area contributed by atoms with Crippen LogP contribution in [0.1, 0.15) is 130 Å². The molecule has 1 heterocycles. The smallest absolute Gasteiger partial charge is 0.336 e. The van der Waals surface area contributed by atoms with Crippen LogP contribution in [-0.4, -0.2) is 89.7 Å². The molecule has 0 radical (unpaired) electrons. The third-order valence-electron chi connectivity index (χ3n) is 10.1. The lowest BCUT2D eigenvalue weighted by Crippen LogP contribution is -2.58. The summed E-state index contributed by atoms with van der Waals surface area (Å²) in [4.78, 5) is 107. The number of rotatable bonds is 30. The van der Waals surface area contributed by atoms with E-state index in [1.165, 1.54) is 31.4 Å². The highest BCUT2D eigenvalue weighted by Gasteiger charge is 2.32. The van der Waals surface area contributed by atoms with Crippen molar-refractivity contribution < 1.29 is 43.1 Å². The van der Waals surface area contributed by atoms with Gasteiger partial charge in [0.1, 0.15) is 29.8 Å². The molecule has 0 aliphatic carbocycles. The molecule has 0 saturated heterocycles. The molecule has 0 unspecified atom stereocenters. The van der Waals surface area contributed by atoms with Crippen molar-refractivity contribution in [3.63, 3.8) is 0 Å². The maximum absolute atomic E-state index is 14.1. The fourth-order valence-electron chi connectivity index (χ4n) is 6.85. The van der Waals surface area contributed by atoms with E-state index in [-0.39, 0.29) is 55.6 Å². The number of nitrogens with one attached hydrogen (secondary N) is 6. The number of hydrogen-bond acceptors (Lipinski definition) is 10. The number of aliphatic imine (C=N–C) groups is 1. The number of fused-ring (bicyclic) bond motifs is 1. The van der Waals surface area contributed by atoms with Crippen LogP contribution in [0.5, 0.6) is 0 Å². The van der Waals surface area contributed by atoms with Gasteiger partial charge in [0, 0.05) is 49.6 Å². The van der Waals surface area contributed by atoms with Crippen LogP contribution in [0, 0.1) is 12.8 Å². The van der Waals surface area contributed by atoms with E-state index in [4.69, 9.17) is 15.9 Å². The minimum atomic E-state index is -1.47. The number of hydrogen-bond donors (Lipinski definition) is 9. The van der Waals surface area contributed by atoms with Gasteiger partial charge in [-0.1, -0.05) is 59.3 Å². The van der Waals surface area contributed by atoms with Gasteiger partial charge in [0.15, 0.2) is 5.96 Å². The number of unbranched alkanes of at least 4 members (excludes halogenated alkanes) is 7. The summed E-state index contributed by atoms with van der Waals surface area (Å²) in [5.41, 5.74) is 11.7. The van der Waals surface area contributed by atoms with E-state index < -0.39 is 71.7 Å². The summed E-state index contributed by atoms with van der Waals surface area (Å²) < 4.78 is 5.35. The van der Waals surface area contributed by atoms with Gasteiger partial charge in [0.05, 0.1) is 6.42 Å². The number of carbonyl (C=O) groups excluding carboxylic acids is 6. The molecule has 6 amide bonds. The Morgan fingerprint density at radius 1 is 0.746 bits per heavy atom. The number of carboxylic acid groups (broad SMARTS) is 1. The Morgan fingerprint density at radius 2 is 1.35 bits per heavy atom. The molecule has 11 N–H and O–H groups in total. The second-order valence-corrected chi connectivity index (χ2v) is 16.3. The van der Waals surface area contributed by atoms with Gasteiger partial charge < -0.3 is 52.9 Å². The van der Waals surface area contributed by atoms with Gasteiger partial charge in [0.25, 0.3) is 0 Å². The Kier molecular flexibility index (Phi) is 24.1. The molecule has 2 aromatic rings. The molecule has 350 valence electrons. The highest BCUT2D eigenvalue weighted by molar-refractivity contribution is 6.00. The van der Waals surface area contributed by atoms with Crippen LogP contribution in [0.3, 0.4) is 0 Å². The van der Waals surface area contributed by atoms with Crippen LogP contribution in [0.15, 0.2) is 38.5 Å². The Bertz CT molecular complexity index is 1910. The Morgan fingerprint density at radius 3 is 1.98 bits per heavy atom. The first-order valence-electron chi connectivity index (χ1n) is 22.0. The molecule has 0 bridgehead atoms. The Hall–Kier alpha value is -6.01. The summed E-state index contributed by atoms with van der Waals surface area (Å²) in [6.45, 7) is 9.11. The van der Waals surface area contributed by atoms with Crippen molar-refractivity contribution in [1.82, 2.24) is 26.6 Å². The van der Waals surface area contributed by atoms with Crippen molar-refractivity contribution in [3.8, 4) is 0 Å². The second kappa shape index (κ2) is 28.6. The largest absolute Gasteiger partial charge is 0.481 e. The van der Waals surface area contributed by atoms with E-state index >= 15 is 0 Å². The average molecular weight is 884 g/mol. The van der Waals surface area contributed by atoms with Crippen molar-refractivity contribution in [3.05, 3.63) is 40.2 Å². The zero-order valence-electron chi connectivity index (χ0n) is 37.4. The van der Waals surface area contributed by atoms with Gasteiger partial charge >= 0.3 is 11.6 Å². The molecule has 0 saturated carbocycles. The van der Waals surface area contributed by atoms with E-state index in [1.54, 1.807) is 32.9 Å². The molecule has 19 heteroatoms. The first kappa shape index (κ1) is 53.1. The van der Waals surface area contributed by atoms with Crippen LogP contribution in [0.2, 0.25) is 0 Å². The topological polar surface area (TPSA) is 307 Å². The molecule has 19 nitrogen and oxygen atoms in total. The third-order valence-corrected chi connectivity index (χ3v) is 10.1. The lowest BCUT2D eigenvalue weighted by Gasteiger charge is -2.27. The molecule has 0 spiro atoms. The van der Waals surface area contributed by atoms with Gasteiger partial charge in [-0.15, -0.1) is 0 Å². The van der Waals surface area contributed by atoms with Crippen molar-refractivity contribution >= 4 is 64.0 Å². The molecule has 1 aromatic heterocycles. The van der Waals surface area contributed by atoms with Gasteiger partial charge in [-0.2, -0.15) is 0 Å². The van der Waals surface area contributed by atoms with Crippen LogP contribution < -0.4 is 49.0 Å². The molecule has 1 aromatic carbocycles. The van der Waals surface area contributed by atoms with Gasteiger partial charge in [-0.3, -0.25) is 38.6 Å². The molecule has 4 atom stereocenters. The molecule has 0 aliphatic rings. The van der Waals surface area contributed by atoms with E-state index in [9.17, 15) is 43.5 Å². The highest BCUT2D eigenvalue weighted by Crippen LogP contribution is 2.21.